The van der Waals surface area contributed by atoms with Gasteiger partial charge in [-0.05, 0) is 38.0 Å². The minimum Gasteiger partial charge on any atom is -0.424 e. The van der Waals surface area contributed by atoms with Crippen molar-refractivity contribution < 1.29 is 13.2 Å². The van der Waals surface area contributed by atoms with Gasteiger partial charge in [0.15, 0.2) is 0 Å². The van der Waals surface area contributed by atoms with Crippen LogP contribution in [0.1, 0.15) is 20.8 Å². The molecule has 1 nitrogen and oxygen atoms in total. The third-order valence-electron chi connectivity index (χ3n) is 3.63. The highest BCUT2D eigenvalue weighted by molar-refractivity contribution is 6.06. The van der Waals surface area contributed by atoms with Crippen molar-refractivity contribution in [3.8, 4) is 0 Å². The van der Waals surface area contributed by atoms with E-state index in [2.05, 4.69) is 11.4 Å². The third kappa shape index (κ3) is 4.16. The second-order valence-corrected chi connectivity index (χ2v) is 5.14. The summed E-state index contributed by atoms with van der Waals surface area (Å²) < 4.78 is 38.2. The molecule has 5 heteroatoms. The molecule has 1 atom stereocenters. The van der Waals surface area contributed by atoms with Gasteiger partial charge in [0.05, 0.1) is 0 Å². The topological polar surface area (TPSA) is 3.24 Å². The van der Waals surface area contributed by atoms with Crippen molar-refractivity contribution in [3.05, 3.63) is 59.4 Å². The van der Waals surface area contributed by atoms with Crippen molar-refractivity contribution in [2.24, 2.45) is 5.92 Å². The summed E-state index contributed by atoms with van der Waals surface area (Å²) in [6, 6.07) is 0. The van der Waals surface area contributed by atoms with Crippen LogP contribution in [0.4, 0.5) is 13.2 Å². The second kappa shape index (κ2) is 6.88. The van der Waals surface area contributed by atoms with Gasteiger partial charge in [0.2, 0.25) is 7.98 Å². The van der Waals surface area contributed by atoms with E-state index in [1.165, 1.54) is 0 Å². The molecule has 1 unspecified atom stereocenters. The highest BCUT2D eigenvalue weighted by Gasteiger charge is 2.32. The Labute approximate surface area is 125 Å². The molecule has 0 amide bonds. The molecule has 114 valence electrons. The molecule has 0 aromatic carbocycles. The average Bonchev–Trinajstić information content (AvgIpc) is 2.66. The van der Waals surface area contributed by atoms with E-state index in [9.17, 15) is 13.2 Å². The third-order valence-corrected chi connectivity index (χ3v) is 3.63. The van der Waals surface area contributed by atoms with Crippen molar-refractivity contribution in [2.75, 3.05) is 6.54 Å². The lowest BCUT2D eigenvalue weighted by molar-refractivity contribution is -0.0878. The quantitative estimate of drug-likeness (QED) is 0.561. The molecule has 0 bridgehead atoms. The number of hydrogen-bond acceptors (Lipinski definition) is 1. The van der Waals surface area contributed by atoms with Gasteiger partial charge in [0.1, 0.15) is 0 Å². The van der Waals surface area contributed by atoms with E-state index in [0.717, 1.165) is 17.3 Å². The minimum absolute atomic E-state index is 0.0681. The molecule has 0 fully saturated rings. The van der Waals surface area contributed by atoms with Crippen LogP contribution in [0.15, 0.2) is 59.4 Å². The van der Waals surface area contributed by atoms with Crippen LogP contribution in [0.25, 0.3) is 0 Å². The smallest absolute Gasteiger partial charge is 0.415 e. The van der Waals surface area contributed by atoms with E-state index < -0.39 is 11.7 Å². The standard InChI is InChI=1S/C16H21BF3N/c1-5-7-13(9-11(3)16(18,19)20)15-10-21(17)12(4)14(15)8-6-2/h5-9,15H,3,10,17H2,1-2,4H3/b7-5-,8-6-,13-9+. The predicted octanol–water partition coefficient (Wildman–Crippen LogP) is 3.94. The number of hydrogen-bond donors (Lipinski definition) is 0. The van der Waals surface area contributed by atoms with Gasteiger partial charge in [-0.2, -0.15) is 13.2 Å². The van der Waals surface area contributed by atoms with E-state index in [-0.39, 0.29) is 5.92 Å². The Kier molecular flexibility index (Phi) is 5.70. The zero-order valence-corrected chi connectivity index (χ0v) is 13.0. The number of halogens is 3. The Balaban J connectivity index is 3.24. The summed E-state index contributed by atoms with van der Waals surface area (Å²) >= 11 is 0. The summed E-state index contributed by atoms with van der Waals surface area (Å²) in [7, 11) is 1.95. The lowest BCUT2D eigenvalue weighted by Gasteiger charge is -2.17. The SMILES string of the molecule is BN1CC(C(/C=C\C)=C/C(=C)C(F)(F)F)C(/C=C\C)=C1C. The van der Waals surface area contributed by atoms with E-state index >= 15 is 0 Å². The summed E-state index contributed by atoms with van der Waals surface area (Å²) in [4.78, 5) is 2.06. The molecular weight excluding hydrogens is 274 g/mol. The summed E-state index contributed by atoms with van der Waals surface area (Å²) in [6.07, 6.45) is 4.14. The normalized spacial score (nSPS) is 21.1. The molecule has 1 aliphatic heterocycles. The predicted molar refractivity (Wildman–Crippen MR) is 84.3 cm³/mol. The summed E-state index contributed by atoms with van der Waals surface area (Å²) in [5.74, 6) is -0.0681. The summed E-state index contributed by atoms with van der Waals surface area (Å²) in [5, 5.41) is 0. The number of allylic oxidation sites excluding steroid dienone is 7. The maximum Gasteiger partial charge on any atom is 0.415 e. The molecule has 0 spiro atoms. The van der Waals surface area contributed by atoms with E-state index in [4.69, 9.17) is 0 Å². The first-order chi connectivity index (χ1) is 9.72. The number of rotatable bonds is 4. The van der Waals surface area contributed by atoms with Crippen molar-refractivity contribution in [3.63, 3.8) is 0 Å². The molecule has 0 aromatic rings. The van der Waals surface area contributed by atoms with E-state index in [0.29, 0.717) is 12.1 Å². The van der Waals surface area contributed by atoms with Gasteiger partial charge in [-0.1, -0.05) is 30.9 Å². The fraction of sp³-hybridized carbons (Fsp3) is 0.375. The van der Waals surface area contributed by atoms with Crippen LogP contribution in [0.3, 0.4) is 0 Å². The lowest BCUT2D eigenvalue weighted by Crippen LogP contribution is -2.18. The minimum atomic E-state index is -4.39. The van der Waals surface area contributed by atoms with Crippen molar-refractivity contribution in [2.45, 2.75) is 26.9 Å². The zero-order chi connectivity index (χ0) is 16.2. The Hall–Kier alpha value is -1.65. The molecule has 1 rings (SSSR count). The molecule has 0 aliphatic carbocycles. The fourth-order valence-electron chi connectivity index (χ4n) is 2.42. The molecule has 21 heavy (non-hydrogen) atoms. The molecule has 1 aliphatic rings. The van der Waals surface area contributed by atoms with Gasteiger partial charge in [-0.25, -0.2) is 0 Å². The Morgan fingerprint density at radius 1 is 1.33 bits per heavy atom. The van der Waals surface area contributed by atoms with Crippen LogP contribution in [-0.2, 0) is 0 Å². The molecule has 0 radical (unpaired) electrons. The Bertz CT molecular complexity index is 524. The maximum atomic E-state index is 12.7. The molecular formula is C16H21BF3N. The molecule has 0 N–H and O–H groups in total. The first-order valence-electron chi connectivity index (χ1n) is 6.87. The highest BCUT2D eigenvalue weighted by Crippen LogP contribution is 2.35. The molecule has 0 saturated carbocycles. The van der Waals surface area contributed by atoms with Gasteiger partial charge in [0, 0.05) is 23.7 Å². The number of alkyl halides is 3. The van der Waals surface area contributed by atoms with Crippen LogP contribution in [0, 0.1) is 5.92 Å². The first kappa shape index (κ1) is 17.4. The van der Waals surface area contributed by atoms with E-state index in [1.807, 2.05) is 34.0 Å². The van der Waals surface area contributed by atoms with Gasteiger partial charge < -0.3 is 4.81 Å². The van der Waals surface area contributed by atoms with Gasteiger partial charge in [0.25, 0.3) is 0 Å². The van der Waals surface area contributed by atoms with Crippen LogP contribution < -0.4 is 0 Å². The largest absolute Gasteiger partial charge is 0.424 e. The zero-order valence-electron chi connectivity index (χ0n) is 13.0. The van der Waals surface area contributed by atoms with Crippen molar-refractivity contribution in [1.29, 1.82) is 0 Å². The Morgan fingerprint density at radius 2 is 1.95 bits per heavy atom. The average molecular weight is 295 g/mol. The van der Waals surface area contributed by atoms with Gasteiger partial charge in [-0.15, -0.1) is 0 Å². The van der Waals surface area contributed by atoms with Crippen LogP contribution in [0.2, 0.25) is 0 Å². The van der Waals surface area contributed by atoms with Crippen LogP contribution in [-0.4, -0.2) is 25.5 Å². The van der Waals surface area contributed by atoms with E-state index in [1.54, 1.807) is 19.1 Å². The second-order valence-electron chi connectivity index (χ2n) is 5.14. The Morgan fingerprint density at radius 3 is 2.43 bits per heavy atom. The monoisotopic (exact) mass is 295 g/mol. The molecule has 0 aromatic heterocycles. The summed E-state index contributed by atoms with van der Waals surface area (Å²) in [5.41, 5.74) is 1.96. The van der Waals surface area contributed by atoms with Crippen LogP contribution in [0.5, 0.6) is 0 Å². The molecule has 1 heterocycles. The van der Waals surface area contributed by atoms with Crippen molar-refractivity contribution in [1.82, 2.24) is 4.81 Å². The number of nitrogens with zero attached hydrogens (tertiary/aromatic N) is 1. The highest BCUT2D eigenvalue weighted by atomic mass is 19.4. The fourth-order valence-corrected chi connectivity index (χ4v) is 2.42. The van der Waals surface area contributed by atoms with Crippen molar-refractivity contribution >= 4 is 7.98 Å². The van der Waals surface area contributed by atoms with Gasteiger partial charge in [-0.3, -0.25) is 0 Å². The van der Waals surface area contributed by atoms with Gasteiger partial charge >= 0.3 is 6.18 Å². The first-order valence-corrected chi connectivity index (χ1v) is 6.87. The lowest BCUT2D eigenvalue weighted by atomic mass is 9.90. The van der Waals surface area contributed by atoms with Crippen LogP contribution >= 0.6 is 0 Å². The molecule has 0 saturated heterocycles. The summed E-state index contributed by atoms with van der Waals surface area (Å²) in [6.45, 7) is 9.51. The maximum absolute atomic E-state index is 12.7.